The summed E-state index contributed by atoms with van der Waals surface area (Å²) in [5.74, 6) is -7.72. The molecule has 0 spiro atoms. The molecule has 0 aliphatic heterocycles. The van der Waals surface area contributed by atoms with E-state index >= 15 is 0 Å². The van der Waals surface area contributed by atoms with Crippen LogP contribution in [0.3, 0.4) is 0 Å². The molecule has 4 aliphatic rings. The highest BCUT2D eigenvalue weighted by atomic mass is 19.3. The summed E-state index contributed by atoms with van der Waals surface area (Å²) in [6.07, 6.45) is 4.27. The second-order valence-electron chi connectivity index (χ2n) is 13.0. The minimum Gasteiger partial charge on any atom is -0.344 e. The molecule has 0 radical (unpaired) electrons. The lowest BCUT2D eigenvalue weighted by atomic mass is 9.81. The van der Waals surface area contributed by atoms with Crippen molar-refractivity contribution in [2.75, 3.05) is 0 Å². The van der Waals surface area contributed by atoms with Gasteiger partial charge >= 0.3 is 5.92 Å². The standard InChI is InChI=1S/C30H34F4N6O3/c31-29(32)11-9-18(10-12-29)24(37-27(41)25-23(17-5-6-17)39-43-40-25)26-35-20-8-7-19(13-21(20)36-26)22(16-3-4-16)38-28(42)30(33,34)14-15-1-2-15/h7-8,13,15-18,22,24H,1-6,9-12,14H2,(H,35,36)(H,37,41)(H,38,42). The number of aromatic nitrogens is 4. The van der Waals surface area contributed by atoms with Crippen LogP contribution < -0.4 is 10.6 Å². The van der Waals surface area contributed by atoms with Gasteiger partial charge in [-0.05, 0) is 92.0 Å². The van der Waals surface area contributed by atoms with Gasteiger partial charge in [-0.1, -0.05) is 11.2 Å². The number of fused-ring (bicyclic) bond motifs is 1. The Labute approximate surface area is 244 Å². The maximum Gasteiger partial charge on any atom is 0.324 e. The fourth-order valence-corrected chi connectivity index (χ4v) is 6.31. The van der Waals surface area contributed by atoms with Crippen molar-refractivity contribution in [2.24, 2.45) is 17.8 Å². The average Bonchev–Trinajstić information content (AvgIpc) is 3.90. The van der Waals surface area contributed by atoms with Crippen molar-refractivity contribution < 1.29 is 31.8 Å². The number of alkyl halides is 4. The van der Waals surface area contributed by atoms with Crippen LogP contribution in [0.4, 0.5) is 17.6 Å². The van der Waals surface area contributed by atoms with Crippen LogP contribution in [0.2, 0.25) is 0 Å². The lowest BCUT2D eigenvalue weighted by Gasteiger charge is -2.33. The highest BCUT2D eigenvalue weighted by Gasteiger charge is 2.46. The van der Waals surface area contributed by atoms with E-state index in [9.17, 15) is 27.2 Å². The van der Waals surface area contributed by atoms with E-state index in [4.69, 9.17) is 9.61 Å². The monoisotopic (exact) mass is 602 g/mol. The SMILES string of the molecule is O=C(NC(c1nc2ccc(C(NC(=O)C(F)(F)CC3CC3)C3CC3)cc2[nH]1)C1CCC(F)(F)CC1)c1nonc1C1CC1. The number of H-pyrrole nitrogens is 1. The maximum atomic E-state index is 14.6. The summed E-state index contributed by atoms with van der Waals surface area (Å²) < 4.78 is 62.1. The van der Waals surface area contributed by atoms with E-state index in [0.717, 1.165) is 38.5 Å². The Balaban J connectivity index is 1.15. The molecule has 3 aromatic rings. The molecule has 4 saturated carbocycles. The first-order chi connectivity index (χ1) is 20.6. The van der Waals surface area contributed by atoms with Gasteiger partial charge in [0.25, 0.3) is 11.8 Å². The molecule has 0 bridgehead atoms. The number of aromatic amines is 1. The summed E-state index contributed by atoms with van der Waals surface area (Å²) in [5.41, 5.74) is 2.44. The highest BCUT2D eigenvalue weighted by molar-refractivity contribution is 5.93. The number of nitrogens with one attached hydrogen (secondary N) is 3. The third kappa shape index (κ3) is 6.12. The zero-order valence-electron chi connectivity index (χ0n) is 23.6. The molecule has 7 rings (SSSR count). The molecule has 3 N–H and O–H groups in total. The minimum absolute atomic E-state index is 0.0631. The first kappa shape index (κ1) is 28.3. The van der Waals surface area contributed by atoms with Gasteiger partial charge in [-0.15, -0.1) is 0 Å². The third-order valence-corrected chi connectivity index (χ3v) is 9.34. The summed E-state index contributed by atoms with van der Waals surface area (Å²) >= 11 is 0. The summed E-state index contributed by atoms with van der Waals surface area (Å²) in [7, 11) is 0. The molecular formula is C30H34F4N6O3. The van der Waals surface area contributed by atoms with Crippen LogP contribution in [0.25, 0.3) is 11.0 Å². The zero-order chi connectivity index (χ0) is 29.9. The molecule has 1 aromatic carbocycles. The Morgan fingerprint density at radius 3 is 2.37 bits per heavy atom. The van der Waals surface area contributed by atoms with Gasteiger partial charge in [0.15, 0.2) is 5.69 Å². The van der Waals surface area contributed by atoms with Crippen LogP contribution in [-0.2, 0) is 4.79 Å². The van der Waals surface area contributed by atoms with Crippen molar-refractivity contribution in [2.45, 2.75) is 100 Å². The lowest BCUT2D eigenvalue weighted by Crippen LogP contribution is -2.42. The van der Waals surface area contributed by atoms with E-state index in [1.54, 1.807) is 18.2 Å². The van der Waals surface area contributed by atoms with Gasteiger partial charge in [0.1, 0.15) is 11.5 Å². The normalized spacial score (nSPS) is 22.3. The molecule has 2 aromatic heterocycles. The molecular weight excluding hydrogens is 568 g/mol. The molecule has 2 amide bonds. The molecule has 2 unspecified atom stereocenters. The number of nitrogens with zero attached hydrogens (tertiary/aromatic N) is 3. The van der Waals surface area contributed by atoms with Gasteiger partial charge < -0.3 is 15.6 Å². The van der Waals surface area contributed by atoms with Gasteiger partial charge in [-0.25, -0.2) is 18.4 Å². The Morgan fingerprint density at radius 1 is 0.977 bits per heavy atom. The van der Waals surface area contributed by atoms with Crippen molar-refractivity contribution in [3.05, 3.63) is 41.0 Å². The molecule has 2 atom stereocenters. The van der Waals surface area contributed by atoms with Crippen molar-refractivity contribution in [3.8, 4) is 0 Å². The molecule has 43 heavy (non-hydrogen) atoms. The van der Waals surface area contributed by atoms with Gasteiger partial charge in [0.05, 0.1) is 23.1 Å². The third-order valence-electron chi connectivity index (χ3n) is 9.34. The zero-order valence-corrected chi connectivity index (χ0v) is 23.6. The average molecular weight is 603 g/mol. The maximum absolute atomic E-state index is 14.6. The van der Waals surface area contributed by atoms with Crippen LogP contribution in [-0.4, -0.2) is 43.9 Å². The number of hydrogen-bond acceptors (Lipinski definition) is 6. The van der Waals surface area contributed by atoms with Gasteiger partial charge in [-0.3, -0.25) is 9.59 Å². The number of rotatable bonds is 11. The predicted octanol–water partition coefficient (Wildman–Crippen LogP) is 6.12. The van der Waals surface area contributed by atoms with Gasteiger partial charge in [-0.2, -0.15) is 8.78 Å². The quantitative estimate of drug-likeness (QED) is 0.227. The van der Waals surface area contributed by atoms with Crippen LogP contribution in [0.15, 0.2) is 22.8 Å². The Kier molecular flexibility index (Phi) is 6.96. The van der Waals surface area contributed by atoms with Crippen molar-refractivity contribution in [3.63, 3.8) is 0 Å². The summed E-state index contributed by atoms with van der Waals surface area (Å²) in [5, 5.41) is 13.3. The fraction of sp³-hybridized carbons (Fsp3) is 0.633. The molecule has 2 heterocycles. The minimum atomic E-state index is -3.42. The number of carbonyl (C=O) groups is 2. The van der Waals surface area contributed by atoms with E-state index in [1.165, 1.54) is 0 Å². The molecule has 9 nitrogen and oxygen atoms in total. The molecule has 13 heteroatoms. The van der Waals surface area contributed by atoms with E-state index in [-0.39, 0.29) is 55.0 Å². The number of carbonyl (C=O) groups excluding carboxylic acids is 2. The van der Waals surface area contributed by atoms with Crippen LogP contribution in [0, 0.1) is 17.8 Å². The Bertz CT molecular complexity index is 1520. The number of halogens is 4. The van der Waals surface area contributed by atoms with Crippen LogP contribution in [0.1, 0.15) is 116 Å². The molecule has 4 aliphatic carbocycles. The molecule has 230 valence electrons. The second-order valence-corrected chi connectivity index (χ2v) is 13.0. The first-order valence-electron chi connectivity index (χ1n) is 15.3. The highest BCUT2D eigenvalue weighted by Crippen LogP contribution is 2.45. The summed E-state index contributed by atoms with van der Waals surface area (Å²) in [4.78, 5) is 33.9. The smallest absolute Gasteiger partial charge is 0.324 e. The first-order valence-corrected chi connectivity index (χ1v) is 15.3. The predicted molar refractivity (Wildman–Crippen MR) is 145 cm³/mol. The van der Waals surface area contributed by atoms with Gasteiger partial charge in [0, 0.05) is 25.2 Å². The number of amides is 2. The molecule has 4 fully saturated rings. The van der Waals surface area contributed by atoms with Crippen molar-refractivity contribution in [1.82, 2.24) is 30.9 Å². The van der Waals surface area contributed by atoms with E-state index in [2.05, 4.69) is 25.9 Å². The van der Waals surface area contributed by atoms with Crippen molar-refractivity contribution >= 4 is 22.8 Å². The van der Waals surface area contributed by atoms with Crippen molar-refractivity contribution in [1.29, 1.82) is 0 Å². The van der Waals surface area contributed by atoms with E-state index < -0.39 is 42.2 Å². The topological polar surface area (TPSA) is 126 Å². The van der Waals surface area contributed by atoms with E-state index in [0.29, 0.717) is 28.1 Å². The fourth-order valence-electron chi connectivity index (χ4n) is 6.31. The Morgan fingerprint density at radius 2 is 1.70 bits per heavy atom. The summed E-state index contributed by atoms with van der Waals surface area (Å²) in [6.45, 7) is 0. The van der Waals surface area contributed by atoms with E-state index in [1.807, 2.05) is 0 Å². The lowest BCUT2D eigenvalue weighted by molar-refractivity contribution is -0.148. The number of imidazole rings is 1. The largest absolute Gasteiger partial charge is 0.344 e. The van der Waals surface area contributed by atoms with Crippen LogP contribution in [0.5, 0.6) is 0 Å². The summed E-state index contributed by atoms with van der Waals surface area (Å²) in [6, 6.07) is 4.03. The second kappa shape index (κ2) is 10.6. The van der Waals surface area contributed by atoms with Gasteiger partial charge in [0.2, 0.25) is 5.92 Å². The number of hydrogen-bond donors (Lipinski definition) is 3. The molecule has 0 saturated heterocycles. The number of benzene rings is 1. The Hall–Kier alpha value is -3.51. The van der Waals surface area contributed by atoms with Crippen LogP contribution >= 0.6 is 0 Å².